The summed E-state index contributed by atoms with van der Waals surface area (Å²) in [7, 11) is 0. The quantitative estimate of drug-likeness (QED) is 0.507. The summed E-state index contributed by atoms with van der Waals surface area (Å²) in [5, 5.41) is 14.9. The molecule has 8 heteroatoms. The van der Waals surface area contributed by atoms with Gasteiger partial charge < -0.3 is 5.32 Å². The van der Waals surface area contributed by atoms with Crippen molar-refractivity contribution < 1.29 is 9.59 Å². The minimum Gasteiger partial charge on any atom is -0.356 e. The summed E-state index contributed by atoms with van der Waals surface area (Å²) in [6.07, 6.45) is 2.60. The van der Waals surface area contributed by atoms with Crippen molar-refractivity contribution in [2.24, 2.45) is 0 Å². The second-order valence-electron chi connectivity index (χ2n) is 6.41. The van der Waals surface area contributed by atoms with Crippen molar-refractivity contribution in [1.29, 1.82) is 0 Å². The minimum atomic E-state index is -0.272. The van der Waals surface area contributed by atoms with Crippen LogP contribution in [0.3, 0.4) is 0 Å². The van der Waals surface area contributed by atoms with Gasteiger partial charge in [0.15, 0.2) is 10.8 Å². The number of hydrogen-bond donors (Lipinski definition) is 3. The van der Waals surface area contributed by atoms with E-state index in [1.54, 1.807) is 6.07 Å². The number of carbonyl (C=O) groups is 2. The van der Waals surface area contributed by atoms with Crippen molar-refractivity contribution >= 4 is 28.3 Å². The first-order valence-corrected chi connectivity index (χ1v) is 10.1. The highest BCUT2D eigenvalue weighted by Crippen LogP contribution is 2.25. The molecule has 7 nitrogen and oxygen atoms in total. The van der Waals surface area contributed by atoms with Crippen LogP contribution in [0.1, 0.15) is 42.0 Å². The Morgan fingerprint density at radius 2 is 2.00 bits per heavy atom. The van der Waals surface area contributed by atoms with E-state index in [1.165, 1.54) is 23.8 Å². The van der Waals surface area contributed by atoms with Crippen LogP contribution in [-0.4, -0.2) is 33.5 Å². The normalized spacial score (nSPS) is 10.6. The van der Waals surface area contributed by atoms with Gasteiger partial charge in [-0.3, -0.25) is 20.0 Å². The number of nitrogens with zero attached hydrogens (tertiary/aromatic N) is 2. The zero-order chi connectivity index (χ0) is 19.9. The molecule has 0 aliphatic heterocycles. The molecule has 0 saturated carbocycles. The lowest BCUT2D eigenvalue weighted by Gasteiger charge is -2.04. The maximum Gasteiger partial charge on any atom is 0.277 e. The Labute approximate surface area is 167 Å². The molecule has 3 rings (SSSR count). The molecule has 0 aliphatic rings. The molecule has 3 N–H and O–H groups in total. The number of rotatable bonds is 8. The third-order valence-electron chi connectivity index (χ3n) is 4.23. The summed E-state index contributed by atoms with van der Waals surface area (Å²) in [6, 6.07) is 9.92. The summed E-state index contributed by atoms with van der Waals surface area (Å²) in [6.45, 7) is 4.20. The number of thiazole rings is 1. The molecular formula is C20H23N5O2S. The molecule has 0 fully saturated rings. The zero-order valence-electron chi connectivity index (χ0n) is 15.9. The molecule has 146 valence electrons. The van der Waals surface area contributed by atoms with E-state index in [0.717, 1.165) is 36.2 Å². The molecule has 0 spiro atoms. The molecule has 1 aromatic carbocycles. The number of carbonyl (C=O) groups excluding carboxylic acids is 2. The van der Waals surface area contributed by atoms with Gasteiger partial charge in [0.1, 0.15) is 0 Å². The van der Waals surface area contributed by atoms with Crippen LogP contribution in [0.4, 0.5) is 5.13 Å². The van der Waals surface area contributed by atoms with E-state index in [-0.39, 0.29) is 11.8 Å². The molecule has 0 bridgehead atoms. The van der Waals surface area contributed by atoms with Crippen molar-refractivity contribution in [3.05, 3.63) is 52.7 Å². The Balaban J connectivity index is 1.57. The fourth-order valence-electron chi connectivity index (χ4n) is 2.68. The van der Waals surface area contributed by atoms with Gasteiger partial charge in [0.2, 0.25) is 5.91 Å². The van der Waals surface area contributed by atoms with E-state index in [1.807, 2.05) is 24.4 Å². The van der Waals surface area contributed by atoms with Crippen LogP contribution in [0.5, 0.6) is 0 Å². The minimum absolute atomic E-state index is 0.000123. The smallest absolute Gasteiger partial charge is 0.277 e. The van der Waals surface area contributed by atoms with Gasteiger partial charge in [-0.1, -0.05) is 31.2 Å². The molecule has 0 atom stereocenters. The first-order chi connectivity index (χ1) is 13.5. The van der Waals surface area contributed by atoms with Crippen LogP contribution in [0.2, 0.25) is 0 Å². The van der Waals surface area contributed by atoms with Gasteiger partial charge in [0.25, 0.3) is 5.91 Å². The number of amides is 2. The standard InChI is InChI=1S/C20H23N5O2S/c1-3-16-11-17(25-24-16)19(27)23-20-22-18(12-28-20)15-8-6-14(7-9-15)5-4-10-21-13(2)26/h6-9,11-12H,3-5,10H2,1-2H3,(H,21,26)(H,24,25)(H,22,23,27). The van der Waals surface area contributed by atoms with Crippen LogP contribution in [0.25, 0.3) is 11.3 Å². The molecule has 28 heavy (non-hydrogen) atoms. The molecule has 3 aromatic rings. The van der Waals surface area contributed by atoms with Crippen LogP contribution in [0.15, 0.2) is 35.7 Å². The first-order valence-electron chi connectivity index (χ1n) is 9.20. The lowest BCUT2D eigenvalue weighted by atomic mass is 10.1. The molecule has 0 saturated heterocycles. The average Bonchev–Trinajstić information content (AvgIpc) is 3.35. The van der Waals surface area contributed by atoms with Crippen LogP contribution < -0.4 is 10.6 Å². The molecule has 0 unspecified atom stereocenters. The number of hydrogen-bond acceptors (Lipinski definition) is 5. The maximum atomic E-state index is 12.2. The molecular weight excluding hydrogens is 374 g/mol. The number of aromatic amines is 1. The number of benzene rings is 1. The topological polar surface area (TPSA) is 99.8 Å². The lowest BCUT2D eigenvalue weighted by Crippen LogP contribution is -2.21. The van der Waals surface area contributed by atoms with Gasteiger partial charge in [0, 0.05) is 30.1 Å². The lowest BCUT2D eigenvalue weighted by molar-refractivity contribution is -0.118. The Kier molecular flexibility index (Phi) is 6.54. The first kappa shape index (κ1) is 19.8. The maximum absolute atomic E-state index is 12.2. The summed E-state index contributed by atoms with van der Waals surface area (Å²) in [4.78, 5) is 27.6. The number of aromatic nitrogens is 3. The van der Waals surface area contributed by atoms with Gasteiger partial charge in [-0.05, 0) is 30.9 Å². The second-order valence-corrected chi connectivity index (χ2v) is 7.27. The number of H-pyrrole nitrogens is 1. The fraction of sp³-hybridized carbons (Fsp3) is 0.300. The third-order valence-corrected chi connectivity index (χ3v) is 4.99. The van der Waals surface area contributed by atoms with Gasteiger partial charge >= 0.3 is 0 Å². The van der Waals surface area contributed by atoms with Gasteiger partial charge in [-0.15, -0.1) is 11.3 Å². The highest BCUT2D eigenvalue weighted by Gasteiger charge is 2.13. The van der Waals surface area contributed by atoms with Crippen molar-refractivity contribution in [2.45, 2.75) is 33.1 Å². The predicted molar refractivity (Wildman–Crippen MR) is 110 cm³/mol. The van der Waals surface area contributed by atoms with E-state index in [9.17, 15) is 9.59 Å². The summed E-state index contributed by atoms with van der Waals surface area (Å²) in [5.41, 5.74) is 4.30. The van der Waals surface area contributed by atoms with Gasteiger partial charge in [-0.25, -0.2) is 4.98 Å². The van der Waals surface area contributed by atoms with Crippen molar-refractivity contribution in [1.82, 2.24) is 20.5 Å². The molecule has 0 aliphatic carbocycles. The second kappa shape index (κ2) is 9.27. The highest BCUT2D eigenvalue weighted by molar-refractivity contribution is 7.14. The Bertz CT molecular complexity index is 946. The monoisotopic (exact) mass is 397 g/mol. The number of nitrogens with one attached hydrogen (secondary N) is 3. The van der Waals surface area contributed by atoms with Crippen LogP contribution >= 0.6 is 11.3 Å². The third kappa shape index (κ3) is 5.26. The average molecular weight is 398 g/mol. The number of aryl methyl sites for hydroxylation is 2. The van der Waals surface area contributed by atoms with Crippen LogP contribution in [0, 0.1) is 0 Å². The Hall–Kier alpha value is -3.00. The van der Waals surface area contributed by atoms with E-state index < -0.39 is 0 Å². The largest absolute Gasteiger partial charge is 0.356 e. The van der Waals surface area contributed by atoms with Gasteiger partial charge in [-0.2, -0.15) is 5.10 Å². The van der Waals surface area contributed by atoms with Gasteiger partial charge in [0.05, 0.1) is 5.69 Å². The van der Waals surface area contributed by atoms with Crippen molar-refractivity contribution in [3.63, 3.8) is 0 Å². The SMILES string of the molecule is CCc1cc(C(=O)Nc2nc(-c3ccc(CCCNC(C)=O)cc3)cs2)n[nH]1. The molecule has 2 amide bonds. The Morgan fingerprint density at radius 1 is 1.21 bits per heavy atom. The molecule has 2 aromatic heterocycles. The fourth-order valence-corrected chi connectivity index (χ4v) is 3.40. The summed E-state index contributed by atoms with van der Waals surface area (Å²) in [5.74, 6) is -0.272. The van der Waals surface area contributed by atoms with Crippen molar-refractivity contribution in [3.8, 4) is 11.3 Å². The summed E-state index contributed by atoms with van der Waals surface area (Å²) < 4.78 is 0. The predicted octanol–water partition coefficient (Wildman–Crippen LogP) is 3.42. The molecule has 0 radical (unpaired) electrons. The number of anilines is 1. The van der Waals surface area contributed by atoms with E-state index >= 15 is 0 Å². The summed E-state index contributed by atoms with van der Waals surface area (Å²) >= 11 is 1.38. The highest BCUT2D eigenvalue weighted by atomic mass is 32.1. The van der Waals surface area contributed by atoms with E-state index in [4.69, 9.17) is 0 Å². The van der Waals surface area contributed by atoms with Crippen molar-refractivity contribution in [2.75, 3.05) is 11.9 Å². The van der Waals surface area contributed by atoms with Crippen LogP contribution in [-0.2, 0) is 17.6 Å². The Morgan fingerprint density at radius 3 is 2.68 bits per heavy atom. The van der Waals surface area contributed by atoms with E-state index in [0.29, 0.717) is 17.4 Å². The molecule has 2 heterocycles. The van der Waals surface area contributed by atoms with E-state index in [2.05, 4.69) is 37.9 Å². The zero-order valence-corrected chi connectivity index (χ0v) is 16.7.